The van der Waals surface area contributed by atoms with Crippen molar-refractivity contribution in [2.24, 2.45) is 0 Å². The van der Waals surface area contributed by atoms with Gasteiger partial charge >= 0.3 is 5.97 Å². The molecule has 0 unspecified atom stereocenters. The summed E-state index contributed by atoms with van der Waals surface area (Å²) in [5.41, 5.74) is 5.91. The number of piperidine rings is 1. The van der Waals surface area contributed by atoms with Gasteiger partial charge in [-0.15, -0.1) is 0 Å². The molecule has 33 heavy (non-hydrogen) atoms. The third-order valence-electron chi connectivity index (χ3n) is 5.20. The first-order valence-corrected chi connectivity index (χ1v) is 11.7. The Balaban J connectivity index is 1.65. The molecule has 1 fully saturated rings. The molecule has 176 valence electrons. The number of sulfonamides is 1. The van der Waals surface area contributed by atoms with Gasteiger partial charge in [0.25, 0.3) is 11.6 Å². The Morgan fingerprint density at radius 2 is 1.85 bits per heavy atom. The number of nitrogens with two attached hydrogens (primary N) is 1. The Kier molecular flexibility index (Phi) is 7.29. The molecule has 2 aromatic carbocycles. The zero-order chi connectivity index (χ0) is 24.2. The number of carbonyl (C=O) groups excluding carboxylic acids is 2. The normalized spacial score (nSPS) is 14.5. The second-order valence-corrected chi connectivity index (χ2v) is 9.50. The summed E-state index contributed by atoms with van der Waals surface area (Å²) in [5, 5.41) is 13.3. The minimum absolute atomic E-state index is 0.109. The molecule has 3 rings (SSSR count). The Bertz CT molecular complexity index is 1190. The molecule has 0 radical (unpaired) electrons. The van der Waals surface area contributed by atoms with Crippen molar-refractivity contribution < 1.29 is 27.7 Å². The first kappa shape index (κ1) is 24.1. The summed E-state index contributed by atoms with van der Waals surface area (Å²) < 4.78 is 32.4. The van der Waals surface area contributed by atoms with E-state index in [0.29, 0.717) is 18.7 Å². The van der Waals surface area contributed by atoms with Crippen LogP contribution in [0.5, 0.6) is 0 Å². The number of anilines is 2. The lowest BCUT2D eigenvalue weighted by atomic mass is 10.1. The lowest BCUT2D eigenvalue weighted by molar-refractivity contribution is -0.384. The summed E-state index contributed by atoms with van der Waals surface area (Å²) >= 11 is 0. The highest BCUT2D eigenvalue weighted by Gasteiger charge is 2.27. The third-order valence-corrected chi connectivity index (χ3v) is 7.25. The first-order valence-electron chi connectivity index (χ1n) is 10.2. The van der Waals surface area contributed by atoms with Crippen LogP contribution in [0.4, 0.5) is 17.1 Å². The van der Waals surface area contributed by atoms with Crippen molar-refractivity contribution in [3.05, 3.63) is 57.6 Å². The van der Waals surface area contributed by atoms with E-state index in [0.717, 1.165) is 37.5 Å². The Morgan fingerprint density at radius 3 is 2.48 bits per heavy atom. The third kappa shape index (κ3) is 5.65. The van der Waals surface area contributed by atoms with Gasteiger partial charge in [-0.2, -0.15) is 4.31 Å². The highest BCUT2D eigenvalue weighted by molar-refractivity contribution is 7.89. The van der Waals surface area contributed by atoms with Crippen molar-refractivity contribution in [3.63, 3.8) is 0 Å². The van der Waals surface area contributed by atoms with E-state index < -0.39 is 33.4 Å². The van der Waals surface area contributed by atoms with Crippen molar-refractivity contribution in [1.82, 2.24) is 4.31 Å². The van der Waals surface area contributed by atoms with Crippen molar-refractivity contribution in [1.29, 1.82) is 0 Å². The molecule has 0 aromatic heterocycles. The van der Waals surface area contributed by atoms with Crippen LogP contribution >= 0.6 is 0 Å². The molecule has 12 heteroatoms. The highest BCUT2D eigenvalue weighted by atomic mass is 32.2. The van der Waals surface area contributed by atoms with Crippen LogP contribution in [0, 0.1) is 17.0 Å². The highest BCUT2D eigenvalue weighted by Crippen LogP contribution is 2.26. The van der Waals surface area contributed by atoms with Crippen LogP contribution in [0.3, 0.4) is 0 Å². The summed E-state index contributed by atoms with van der Waals surface area (Å²) in [6, 6.07) is 7.80. The van der Waals surface area contributed by atoms with Crippen LogP contribution < -0.4 is 11.1 Å². The fraction of sp³-hybridized carbons (Fsp3) is 0.333. The van der Waals surface area contributed by atoms with Gasteiger partial charge in [0.05, 0.1) is 21.1 Å². The maximum absolute atomic E-state index is 13.0. The fourth-order valence-corrected chi connectivity index (χ4v) is 5.22. The van der Waals surface area contributed by atoms with E-state index in [1.807, 2.05) is 0 Å². The van der Waals surface area contributed by atoms with Gasteiger partial charge in [-0.25, -0.2) is 13.2 Å². The number of esters is 1. The molecule has 2 aromatic rings. The molecule has 1 aliphatic rings. The quantitative estimate of drug-likeness (QED) is 0.266. The van der Waals surface area contributed by atoms with Crippen molar-refractivity contribution in [2.45, 2.75) is 31.1 Å². The van der Waals surface area contributed by atoms with Crippen LogP contribution in [0.25, 0.3) is 0 Å². The van der Waals surface area contributed by atoms with Crippen LogP contribution in [-0.2, 0) is 19.6 Å². The number of benzene rings is 2. The average molecular weight is 477 g/mol. The molecule has 1 saturated heterocycles. The number of nitrogens with zero attached hydrogens (tertiary/aromatic N) is 2. The Labute approximate surface area is 190 Å². The van der Waals surface area contributed by atoms with Gasteiger partial charge in [-0.3, -0.25) is 14.9 Å². The maximum atomic E-state index is 13.0. The number of rotatable bonds is 7. The van der Waals surface area contributed by atoms with Gasteiger partial charge in [0.15, 0.2) is 6.61 Å². The van der Waals surface area contributed by atoms with Gasteiger partial charge in [-0.1, -0.05) is 12.5 Å². The number of ether oxygens (including phenoxy) is 1. The predicted octanol–water partition coefficient (Wildman–Crippen LogP) is 2.46. The fourth-order valence-electron chi connectivity index (χ4n) is 3.46. The summed E-state index contributed by atoms with van der Waals surface area (Å²) in [7, 11) is -3.69. The summed E-state index contributed by atoms with van der Waals surface area (Å²) in [4.78, 5) is 34.6. The first-order chi connectivity index (χ1) is 15.6. The van der Waals surface area contributed by atoms with Crippen molar-refractivity contribution in [3.8, 4) is 0 Å². The molecular formula is C21H24N4O7S. The van der Waals surface area contributed by atoms with Crippen LogP contribution in [0.2, 0.25) is 0 Å². The molecule has 11 nitrogen and oxygen atoms in total. The number of aryl methyl sites for hydroxylation is 1. The number of nitro groups is 1. The van der Waals surface area contributed by atoms with E-state index in [1.165, 1.54) is 10.4 Å². The second-order valence-electron chi connectivity index (χ2n) is 7.60. The van der Waals surface area contributed by atoms with Gasteiger partial charge in [0, 0.05) is 30.9 Å². The van der Waals surface area contributed by atoms with E-state index in [-0.39, 0.29) is 27.5 Å². The van der Waals surface area contributed by atoms with Gasteiger partial charge in [0.1, 0.15) is 0 Å². The smallest absolute Gasteiger partial charge is 0.340 e. The van der Waals surface area contributed by atoms with E-state index >= 15 is 0 Å². The maximum Gasteiger partial charge on any atom is 0.340 e. The number of nitrogens with one attached hydrogen (secondary N) is 1. The summed E-state index contributed by atoms with van der Waals surface area (Å²) in [6.45, 7) is 1.94. The average Bonchev–Trinajstić information content (AvgIpc) is 2.79. The molecule has 1 amide bonds. The SMILES string of the molecule is Cc1ccc(NC(=O)COC(=O)c2ccc([N+](=O)[O-])cc2N)cc1S(=O)(=O)N1CCCCC1. The molecule has 0 bridgehead atoms. The number of nitro benzene ring substituents is 1. The topological polar surface area (TPSA) is 162 Å². The Morgan fingerprint density at radius 1 is 1.15 bits per heavy atom. The number of carbonyl (C=O) groups is 2. The number of nitrogen functional groups attached to an aromatic ring is 1. The molecule has 0 saturated carbocycles. The monoisotopic (exact) mass is 476 g/mol. The molecule has 1 aliphatic heterocycles. The molecule has 3 N–H and O–H groups in total. The number of hydrogen-bond acceptors (Lipinski definition) is 8. The zero-order valence-corrected chi connectivity index (χ0v) is 18.8. The molecule has 0 aliphatic carbocycles. The minimum Gasteiger partial charge on any atom is -0.452 e. The summed E-state index contributed by atoms with van der Waals surface area (Å²) in [6.07, 6.45) is 2.60. The molecule has 0 atom stereocenters. The molecule has 0 spiro atoms. The van der Waals surface area contributed by atoms with Crippen LogP contribution in [-0.4, -0.2) is 49.2 Å². The number of amides is 1. The van der Waals surface area contributed by atoms with E-state index in [1.54, 1.807) is 19.1 Å². The standard InChI is InChI=1S/C21H24N4O7S/c1-14-5-6-15(11-19(14)33(30,31)24-9-3-2-4-10-24)23-20(26)13-32-21(27)17-8-7-16(25(28)29)12-18(17)22/h5-8,11-12H,2-4,9-10,13,22H2,1H3,(H,23,26). The molecule has 1 heterocycles. The number of non-ortho nitro benzene ring substituents is 1. The Hall–Kier alpha value is -3.51. The van der Waals surface area contributed by atoms with Gasteiger partial charge in [0.2, 0.25) is 10.0 Å². The van der Waals surface area contributed by atoms with E-state index in [9.17, 15) is 28.1 Å². The van der Waals surface area contributed by atoms with Gasteiger partial charge < -0.3 is 15.8 Å². The largest absolute Gasteiger partial charge is 0.452 e. The zero-order valence-electron chi connectivity index (χ0n) is 17.9. The van der Waals surface area contributed by atoms with Crippen LogP contribution in [0.15, 0.2) is 41.3 Å². The number of hydrogen-bond donors (Lipinski definition) is 2. The molecular weight excluding hydrogens is 452 g/mol. The van der Waals surface area contributed by atoms with Crippen molar-refractivity contribution >= 4 is 39.0 Å². The van der Waals surface area contributed by atoms with E-state index in [4.69, 9.17) is 10.5 Å². The van der Waals surface area contributed by atoms with E-state index in [2.05, 4.69) is 5.32 Å². The predicted molar refractivity (Wildman–Crippen MR) is 120 cm³/mol. The minimum atomic E-state index is -3.69. The van der Waals surface area contributed by atoms with Crippen LogP contribution in [0.1, 0.15) is 35.2 Å². The second kappa shape index (κ2) is 9.96. The lowest BCUT2D eigenvalue weighted by Crippen LogP contribution is -2.36. The van der Waals surface area contributed by atoms with Crippen molar-refractivity contribution in [2.75, 3.05) is 30.7 Å². The van der Waals surface area contributed by atoms with Gasteiger partial charge in [-0.05, 0) is 43.5 Å². The lowest BCUT2D eigenvalue weighted by Gasteiger charge is -2.26. The summed E-state index contributed by atoms with van der Waals surface area (Å²) in [5.74, 6) is -1.61.